The number of nitrogens with zero attached hydrogens (tertiary/aromatic N) is 1. The fourth-order valence-electron chi connectivity index (χ4n) is 7.39. The Labute approximate surface area is 174 Å². The minimum Gasteiger partial charge on any atom is -0.378 e. The van der Waals surface area contributed by atoms with Crippen LogP contribution in [0.5, 0.6) is 0 Å². The van der Waals surface area contributed by atoms with E-state index in [9.17, 15) is 9.59 Å². The summed E-state index contributed by atoms with van der Waals surface area (Å²) < 4.78 is 0. The summed E-state index contributed by atoms with van der Waals surface area (Å²) in [6.07, 6.45) is 11.0. The first kappa shape index (κ1) is 19.1. The number of Topliss-reactive ketones (excluding diaryl/α,β-unsaturated/α-hetero) is 1. The Hall–Kier alpha value is -1.90. The zero-order valence-corrected chi connectivity index (χ0v) is 17.8. The lowest BCUT2D eigenvalue weighted by molar-refractivity contribution is -0.132. The SMILES string of the molecule is CN(C)c1cccc(C[C@]23CC[C@H]4[C@@H](CCC5=CC(=O)CC[C@@H]54)[C@@H]2CCC3=O)c1. The van der Waals surface area contributed by atoms with Crippen LogP contribution in [0.15, 0.2) is 35.9 Å². The van der Waals surface area contributed by atoms with E-state index in [0.717, 1.165) is 51.4 Å². The first-order valence-corrected chi connectivity index (χ1v) is 11.5. The van der Waals surface area contributed by atoms with Crippen molar-refractivity contribution < 1.29 is 9.59 Å². The number of rotatable bonds is 3. The van der Waals surface area contributed by atoms with E-state index in [1.165, 1.54) is 23.2 Å². The maximum absolute atomic E-state index is 13.3. The van der Waals surface area contributed by atoms with Gasteiger partial charge in [0.25, 0.3) is 0 Å². The molecule has 3 fully saturated rings. The molecule has 0 aliphatic heterocycles. The van der Waals surface area contributed by atoms with Gasteiger partial charge in [-0.15, -0.1) is 0 Å². The van der Waals surface area contributed by atoms with Gasteiger partial charge in [0, 0.05) is 38.0 Å². The highest BCUT2D eigenvalue weighted by atomic mass is 16.1. The van der Waals surface area contributed by atoms with E-state index in [-0.39, 0.29) is 5.41 Å². The molecule has 4 aliphatic carbocycles. The Kier molecular flexibility index (Phi) is 4.68. The van der Waals surface area contributed by atoms with Crippen molar-refractivity contribution in [2.45, 2.75) is 57.8 Å². The number of fused-ring (bicyclic) bond motifs is 5. The second-order valence-electron chi connectivity index (χ2n) is 10.2. The van der Waals surface area contributed by atoms with Crippen molar-refractivity contribution in [3.63, 3.8) is 0 Å². The highest BCUT2D eigenvalue weighted by molar-refractivity contribution is 5.91. The largest absolute Gasteiger partial charge is 0.378 e. The third-order valence-corrected chi connectivity index (χ3v) is 8.69. The molecule has 0 bridgehead atoms. The Morgan fingerprint density at radius 2 is 1.86 bits per heavy atom. The smallest absolute Gasteiger partial charge is 0.155 e. The van der Waals surface area contributed by atoms with Crippen LogP contribution in [0.2, 0.25) is 0 Å². The molecular weight excluding hydrogens is 358 g/mol. The molecule has 0 heterocycles. The van der Waals surface area contributed by atoms with Crippen LogP contribution in [0.25, 0.3) is 0 Å². The number of carbonyl (C=O) groups is 2. The quantitative estimate of drug-likeness (QED) is 0.729. The minimum atomic E-state index is -0.141. The fourth-order valence-corrected chi connectivity index (χ4v) is 7.39. The molecule has 1 aromatic carbocycles. The predicted molar refractivity (Wildman–Crippen MR) is 116 cm³/mol. The molecule has 0 amide bonds. The van der Waals surface area contributed by atoms with Gasteiger partial charge in [-0.25, -0.2) is 0 Å². The third kappa shape index (κ3) is 3.08. The molecule has 0 radical (unpaired) electrons. The van der Waals surface area contributed by atoms with Gasteiger partial charge >= 0.3 is 0 Å². The van der Waals surface area contributed by atoms with Crippen molar-refractivity contribution >= 4 is 17.3 Å². The molecule has 0 N–H and O–H groups in total. The van der Waals surface area contributed by atoms with Gasteiger partial charge in [0.2, 0.25) is 0 Å². The molecular formula is C26H33NO2. The summed E-state index contributed by atoms with van der Waals surface area (Å²) in [6, 6.07) is 8.77. The van der Waals surface area contributed by atoms with Crippen LogP contribution in [-0.2, 0) is 16.0 Å². The standard InChI is InChI=1S/C26H33NO2/c1-27(2)19-5-3-4-17(14-19)16-26-13-12-22-21-9-7-20(28)15-18(21)6-8-23(22)24(26)10-11-25(26)29/h3-5,14-15,21-24H,6-13,16H2,1-2H3/t21-,22+,23+,24-,26+/m0/s1. The van der Waals surface area contributed by atoms with E-state index >= 15 is 0 Å². The van der Waals surface area contributed by atoms with Gasteiger partial charge < -0.3 is 4.90 Å². The van der Waals surface area contributed by atoms with Crippen molar-refractivity contribution in [2.24, 2.45) is 29.1 Å². The van der Waals surface area contributed by atoms with E-state index in [4.69, 9.17) is 0 Å². The Morgan fingerprint density at radius 3 is 2.69 bits per heavy atom. The number of benzene rings is 1. The van der Waals surface area contributed by atoms with Crippen molar-refractivity contribution in [2.75, 3.05) is 19.0 Å². The van der Waals surface area contributed by atoms with Crippen LogP contribution in [0.1, 0.15) is 56.9 Å². The molecule has 3 nitrogen and oxygen atoms in total. The lowest BCUT2D eigenvalue weighted by Crippen LogP contribution is -2.48. The molecule has 5 atom stereocenters. The van der Waals surface area contributed by atoms with Crippen molar-refractivity contribution in [3.05, 3.63) is 41.5 Å². The highest BCUT2D eigenvalue weighted by Gasteiger charge is 2.58. The molecule has 3 heteroatoms. The molecule has 0 spiro atoms. The topological polar surface area (TPSA) is 37.4 Å². The first-order chi connectivity index (χ1) is 14.0. The van der Waals surface area contributed by atoms with Gasteiger partial charge in [-0.1, -0.05) is 17.7 Å². The lowest BCUT2D eigenvalue weighted by Gasteiger charge is -2.53. The zero-order valence-electron chi connectivity index (χ0n) is 17.8. The van der Waals surface area contributed by atoms with Gasteiger partial charge in [-0.05, 0) is 92.4 Å². The number of hydrogen-bond donors (Lipinski definition) is 0. The summed E-state index contributed by atoms with van der Waals surface area (Å²) in [7, 11) is 4.16. The van der Waals surface area contributed by atoms with E-state index < -0.39 is 0 Å². The maximum atomic E-state index is 13.3. The number of hydrogen-bond acceptors (Lipinski definition) is 3. The molecule has 5 rings (SSSR count). The molecule has 29 heavy (non-hydrogen) atoms. The van der Waals surface area contributed by atoms with Crippen LogP contribution in [0.3, 0.4) is 0 Å². The van der Waals surface area contributed by atoms with Crippen LogP contribution in [0, 0.1) is 29.1 Å². The van der Waals surface area contributed by atoms with Gasteiger partial charge in [-0.2, -0.15) is 0 Å². The summed E-state index contributed by atoms with van der Waals surface area (Å²) >= 11 is 0. The molecule has 1 aromatic rings. The van der Waals surface area contributed by atoms with Gasteiger partial charge in [-0.3, -0.25) is 9.59 Å². The van der Waals surface area contributed by atoms with Crippen molar-refractivity contribution in [1.29, 1.82) is 0 Å². The van der Waals surface area contributed by atoms with Gasteiger partial charge in [0.1, 0.15) is 5.78 Å². The van der Waals surface area contributed by atoms with E-state index in [1.54, 1.807) is 0 Å². The van der Waals surface area contributed by atoms with Crippen molar-refractivity contribution in [3.8, 4) is 0 Å². The fraction of sp³-hybridized carbons (Fsp3) is 0.615. The molecule has 0 unspecified atom stereocenters. The van der Waals surface area contributed by atoms with Crippen LogP contribution in [0.4, 0.5) is 5.69 Å². The summed E-state index contributed by atoms with van der Waals surface area (Å²) in [6.45, 7) is 0. The average molecular weight is 392 g/mol. The zero-order chi connectivity index (χ0) is 20.2. The normalized spacial score (nSPS) is 36.1. The average Bonchev–Trinajstić information content (AvgIpc) is 3.04. The van der Waals surface area contributed by atoms with Crippen LogP contribution >= 0.6 is 0 Å². The van der Waals surface area contributed by atoms with E-state index in [1.807, 2.05) is 6.08 Å². The number of carbonyl (C=O) groups excluding carboxylic acids is 2. The Bertz CT molecular complexity index is 869. The number of allylic oxidation sites excluding steroid dienone is 1. The van der Waals surface area contributed by atoms with E-state index in [0.29, 0.717) is 35.2 Å². The summed E-state index contributed by atoms with van der Waals surface area (Å²) in [5, 5.41) is 0. The van der Waals surface area contributed by atoms with Crippen LogP contribution < -0.4 is 4.90 Å². The Balaban J connectivity index is 1.44. The van der Waals surface area contributed by atoms with Gasteiger partial charge in [0.15, 0.2) is 5.78 Å². The molecule has 3 saturated carbocycles. The van der Waals surface area contributed by atoms with Gasteiger partial charge in [0.05, 0.1) is 0 Å². The second-order valence-corrected chi connectivity index (χ2v) is 10.2. The molecule has 0 saturated heterocycles. The lowest BCUT2D eigenvalue weighted by atomic mass is 9.51. The first-order valence-electron chi connectivity index (χ1n) is 11.5. The molecule has 4 aliphatic rings. The number of ketones is 2. The predicted octanol–water partition coefficient (Wildman–Crippen LogP) is 4.99. The van der Waals surface area contributed by atoms with Crippen LogP contribution in [-0.4, -0.2) is 25.7 Å². The van der Waals surface area contributed by atoms with Crippen molar-refractivity contribution in [1.82, 2.24) is 0 Å². The maximum Gasteiger partial charge on any atom is 0.155 e. The Morgan fingerprint density at radius 1 is 1.00 bits per heavy atom. The summed E-state index contributed by atoms with van der Waals surface area (Å²) in [5.41, 5.74) is 3.82. The van der Waals surface area contributed by atoms with E-state index in [2.05, 4.69) is 43.3 Å². The summed E-state index contributed by atoms with van der Waals surface area (Å²) in [4.78, 5) is 27.3. The second kappa shape index (κ2) is 7.11. The summed E-state index contributed by atoms with van der Waals surface area (Å²) in [5.74, 6) is 3.36. The third-order valence-electron chi connectivity index (χ3n) is 8.69. The molecule has 154 valence electrons. The number of anilines is 1. The molecule has 0 aromatic heterocycles. The monoisotopic (exact) mass is 391 g/mol. The minimum absolute atomic E-state index is 0.141. The highest BCUT2D eigenvalue weighted by Crippen LogP contribution is 2.61.